The van der Waals surface area contributed by atoms with Crippen molar-refractivity contribution in [1.82, 2.24) is 15.2 Å². The largest absolute Gasteiger partial charge is 0.349 e. The lowest BCUT2D eigenvalue weighted by molar-refractivity contribution is -0.126. The highest BCUT2D eigenvalue weighted by molar-refractivity contribution is 6.35. The summed E-state index contributed by atoms with van der Waals surface area (Å²) in [5.41, 5.74) is 1.08. The third-order valence-corrected chi connectivity index (χ3v) is 8.06. The van der Waals surface area contributed by atoms with E-state index in [2.05, 4.69) is 16.4 Å². The second-order valence-corrected chi connectivity index (χ2v) is 10.3. The average molecular weight is 467 g/mol. The molecule has 1 aromatic carbocycles. The summed E-state index contributed by atoms with van der Waals surface area (Å²) in [5, 5.41) is 13.8. The Morgan fingerprint density at radius 3 is 2.79 bits per heavy atom. The van der Waals surface area contributed by atoms with Crippen LogP contribution in [0.4, 0.5) is 0 Å². The molecule has 2 N–H and O–H groups in total. The van der Waals surface area contributed by atoms with E-state index < -0.39 is 12.1 Å². The maximum Gasteiger partial charge on any atom is 0.271 e. The Balaban J connectivity index is 1.35. The molecule has 2 aromatic rings. The van der Waals surface area contributed by atoms with Gasteiger partial charge in [-0.1, -0.05) is 30.2 Å². The van der Waals surface area contributed by atoms with Gasteiger partial charge in [-0.15, -0.1) is 0 Å². The van der Waals surface area contributed by atoms with E-state index in [1.807, 2.05) is 12.1 Å². The minimum atomic E-state index is -0.730. The first-order valence-electron chi connectivity index (χ1n) is 11.7. The molecular formula is C25H27ClN4O3. The molecule has 3 fully saturated rings. The predicted molar refractivity (Wildman–Crippen MR) is 124 cm³/mol. The highest BCUT2D eigenvalue weighted by Crippen LogP contribution is 2.50. The zero-order valence-electron chi connectivity index (χ0n) is 18.4. The van der Waals surface area contributed by atoms with Crippen LogP contribution < -0.4 is 5.32 Å². The second kappa shape index (κ2) is 8.49. The van der Waals surface area contributed by atoms with Crippen LogP contribution >= 0.6 is 11.6 Å². The fourth-order valence-corrected chi connectivity index (χ4v) is 5.99. The van der Waals surface area contributed by atoms with E-state index >= 15 is 0 Å². The van der Waals surface area contributed by atoms with Gasteiger partial charge in [0.25, 0.3) is 5.91 Å². The molecule has 7 nitrogen and oxygen atoms in total. The minimum absolute atomic E-state index is 0.0229. The molecule has 0 bridgehead atoms. The van der Waals surface area contributed by atoms with Gasteiger partial charge in [-0.3, -0.25) is 14.4 Å². The van der Waals surface area contributed by atoms with Crippen LogP contribution in [0.1, 0.15) is 61.9 Å². The fraction of sp³-hybridized carbons (Fsp3) is 0.520. The summed E-state index contributed by atoms with van der Waals surface area (Å²) >= 11 is 6.27. The zero-order chi connectivity index (χ0) is 23.2. The summed E-state index contributed by atoms with van der Waals surface area (Å²) in [6.45, 7) is 0.533. The van der Waals surface area contributed by atoms with E-state index in [0.717, 1.165) is 37.5 Å². The zero-order valence-corrected chi connectivity index (χ0v) is 19.2. The first-order chi connectivity index (χ1) is 15.9. The van der Waals surface area contributed by atoms with Gasteiger partial charge in [-0.05, 0) is 56.1 Å². The summed E-state index contributed by atoms with van der Waals surface area (Å²) < 4.78 is 0. The maximum absolute atomic E-state index is 13.5. The van der Waals surface area contributed by atoms with Gasteiger partial charge < -0.3 is 15.2 Å². The number of aromatic nitrogens is 1. The van der Waals surface area contributed by atoms with Crippen molar-refractivity contribution < 1.29 is 14.4 Å². The number of ketones is 1. The Morgan fingerprint density at radius 1 is 1.33 bits per heavy atom. The molecule has 33 heavy (non-hydrogen) atoms. The maximum atomic E-state index is 13.5. The molecule has 1 saturated heterocycles. The number of amides is 2. The monoisotopic (exact) mass is 466 g/mol. The second-order valence-electron chi connectivity index (χ2n) is 9.88. The average Bonchev–Trinajstić information content (AvgIpc) is 3.49. The van der Waals surface area contributed by atoms with Crippen molar-refractivity contribution in [2.75, 3.05) is 6.54 Å². The van der Waals surface area contributed by atoms with Crippen LogP contribution in [-0.2, 0) is 9.59 Å². The number of nitriles is 1. The number of nitrogens with one attached hydrogen (secondary N) is 2. The molecule has 2 heterocycles. The van der Waals surface area contributed by atoms with Crippen LogP contribution in [-0.4, -0.2) is 46.1 Å². The van der Waals surface area contributed by atoms with E-state index in [9.17, 15) is 19.6 Å². The molecule has 1 aromatic heterocycles. The molecule has 8 heteroatoms. The van der Waals surface area contributed by atoms with E-state index in [1.165, 1.54) is 0 Å². The van der Waals surface area contributed by atoms with Crippen molar-refractivity contribution in [3.05, 3.63) is 35.0 Å². The molecule has 3 aliphatic rings. The summed E-state index contributed by atoms with van der Waals surface area (Å²) in [4.78, 5) is 43.6. The number of halogens is 1. The van der Waals surface area contributed by atoms with Crippen molar-refractivity contribution in [3.63, 3.8) is 0 Å². The van der Waals surface area contributed by atoms with E-state index in [1.54, 1.807) is 17.0 Å². The standard InChI is InChI=1S/C25H27ClN4O3/c26-18-6-1-5-16-11-19(29-22(16)18)24(33)30-14-25(8-3-9-25)12-20(30)23(32)28-17(13-27)10-15-4-2-7-21(15)31/h1,5-6,11,15,17,20,29H,2-4,7-10,12,14H2,(H,28,32). The predicted octanol–water partition coefficient (Wildman–Crippen LogP) is 3.97. The van der Waals surface area contributed by atoms with Crippen LogP contribution in [0.25, 0.3) is 10.9 Å². The Kier molecular flexibility index (Phi) is 5.65. The Labute approximate surface area is 197 Å². The van der Waals surface area contributed by atoms with E-state index in [-0.39, 0.29) is 28.9 Å². The number of para-hydroxylation sites is 1. The fourth-order valence-electron chi connectivity index (χ4n) is 5.77. The first kappa shape index (κ1) is 22.0. The molecule has 1 spiro atoms. The summed E-state index contributed by atoms with van der Waals surface area (Å²) in [6, 6.07) is 8.04. The highest BCUT2D eigenvalue weighted by atomic mass is 35.5. The van der Waals surface area contributed by atoms with Crippen molar-refractivity contribution in [1.29, 1.82) is 5.26 Å². The smallest absolute Gasteiger partial charge is 0.271 e. The molecule has 2 saturated carbocycles. The van der Waals surface area contributed by atoms with Crippen LogP contribution in [0.2, 0.25) is 5.02 Å². The third-order valence-electron chi connectivity index (χ3n) is 7.75. The minimum Gasteiger partial charge on any atom is -0.349 e. The molecule has 1 aliphatic heterocycles. The van der Waals surface area contributed by atoms with Gasteiger partial charge >= 0.3 is 0 Å². The highest BCUT2D eigenvalue weighted by Gasteiger charge is 2.52. The number of Topliss-reactive ketones (excluding diaryl/α,β-unsaturated/α-hetero) is 1. The van der Waals surface area contributed by atoms with Gasteiger partial charge in [0.15, 0.2) is 0 Å². The van der Waals surface area contributed by atoms with E-state index in [4.69, 9.17) is 11.6 Å². The number of nitrogens with zero attached hydrogens (tertiary/aromatic N) is 2. The molecule has 2 amide bonds. The SMILES string of the molecule is N#CC(CC1CCCC1=O)NC(=O)C1CC2(CCC2)CN1C(=O)c1cc2cccc(Cl)c2[nH]1. The molecule has 0 radical (unpaired) electrons. The number of hydrogen-bond donors (Lipinski definition) is 2. The Hall–Kier alpha value is -2.85. The summed E-state index contributed by atoms with van der Waals surface area (Å²) in [6.07, 6.45) is 6.21. The molecule has 3 atom stereocenters. The van der Waals surface area contributed by atoms with Gasteiger partial charge in [0.2, 0.25) is 5.91 Å². The molecule has 5 rings (SSSR count). The molecule has 3 unspecified atom stereocenters. The van der Waals surface area contributed by atoms with Crippen molar-refractivity contribution in [2.24, 2.45) is 11.3 Å². The lowest BCUT2D eigenvalue weighted by Crippen LogP contribution is -2.49. The topological polar surface area (TPSA) is 106 Å². The first-order valence-corrected chi connectivity index (χ1v) is 12.1. The number of hydrogen-bond acceptors (Lipinski definition) is 4. The third kappa shape index (κ3) is 4.02. The van der Waals surface area contributed by atoms with Gasteiger partial charge in [-0.25, -0.2) is 0 Å². The molecule has 2 aliphatic carbocycles. The van der Waals surface area contributed by atoms with Gasteiger partial charge in [0, 0.05) is 24.3 Å². The Morgan fingerprint density at radius 2 is 2.15 bits per heavy atom. The molecular weight excluding hydrogens is 440 g/mol. The van der Waals surface area contributed by atoms with Crippen LogP contribution in [0.3, 0.4) is 0 Å². The number of fused-ring (bicyclic) bond motifs is 1. The van der Waals surface area contributed by atoms with Crippen molar-refractivity contribution in [3.8, 4) is 6.07 Å². The quantitative estimate of drug-likeness (QED) is 0.695. The Bertz CT molecular complexity index is 1160. The number of carbonyl (C=O) groups excluding carboxylic acids is 3. The van der Waals surface area contributed by atoms with Crippen LogP contribution in [0.15, 0.2) is 24.3 Å². The van der Waals surface area contributed by atoms with E-state index in [0.29, 0.717) is 42.0 Å². The normalized spacial score (nSPS) is 24.6. The van der Waals surface area contributed by atoms with Crippen LogP contribution in [0, 0.1) is 22.7 Å². The van der Waals surface area contributed by atoms with Crippen molar-refractivity contribution in [2.45, 2.75) is 63.5 Å². The number of likely N-dealkylation sites (tertiary alicyclic amines) is 1. The van der Waals surface area contributed by atoms with Gasteiger partial charge in [-0.2, -0.15) is 5.26 Å². The summed E-state index contributed by atoms with van der Waals surface area (Å²) in [5.74, 6) is -0.526. The van der Waals surface area contributed by atoms with Crippen molar-refractivity contribution >= 4 is 40.1 Å². The number of benzene rings is 1. The number of carbonyl (C=O) groups is 3. The van der Waals surface area contributed by atoms with Crippen LogP contribution in [0.5, 0.6) is 0 Å². The number of aromatic amines is 1. The summed E-state index contributed by atoms with van der Waals surface area (Å²) in [7, 11) is 0. The lowest BCUT2D eigenvalue weighted by Gasteiger charge is -2.37. The van der Waals surface area contributed by atoms with Gasteiger partial charge in [0.05, 0.1) is 16.6 Å². The molecule has 172 valence electrons. The lowest BCUT2D eigenvalue weighted by atomic mass is 9.67. The van der Waals surface area contributed by atoms with Gasteiger partial charge in [0.1, 0.15) is 23.6 Å². The number of H-pyrrole nitrogens is 1. The number of rotatable bonds is 5.